The van der Waals surface area contributed by atoms with Gasteiger partial charge in [0.1, 0.15) is 11.6 Å². The molecule has 3 aromatic rings. The van der Waals surface area contributed by atoms with E-state index < -0.39 is 0 Å². The number of thiazole rings is 1. The van der Waals surface area contributed by atoms with Crippen LogP contribution in [0.4, 0.5) is 15.8 Å². The van der Waals surface area contributed by atoms with Crippen LogP contribution in [-0.4, -0.2) is 17.6 Å². The first-order valence-corrected chi connectivity index (χ1v) is 9.22. The zero-order chi connectivity index (χ0) is 19.4. The zero-order valence-corrected chi connectivity index (χ0v) is 16.1. The summed E-state index contributed by atoms with van der Waals surface area (Å²) < 4.78 is 20.6. The standard InChI is InChI=1S/C20H20FN3O2S/c1-13-4-5-15(10-18(13)21)23-20-24(2)16(12-27-20)11-19(25)22-14-6-8-17(26-3)9-7-14/h4-10,12H,11H2,1-3H3,(H,22,25). The van der Waals surface area contributed by atoms with Crippen molar-refractivity contribution in [1.29, 1.82) is 0 Å². The molecule has 0 bridgehead atoms. The number of nitrogens with one attached hydrogen (secondary N) is 1. The van der Waals surface area contributed by atoms with Gasteiger partial charge in [-0.3, -0.25) is 4.79 Å². The molecular weight excluding hydrogens is 365 g/mol. The summed E-state index contributed by atoms with van der Waals surface area (Å²) in [6.45, 7) is 1.71. The van der Waals surface area contributed by atoms with E-state index in [2.05, 4.69) is 10.3 Å². The number of benzene rings is 2. The Labute approximate surface area is 160 Å². The van der Waals surface area contributed by atoms with Crippen LogP contribution in [0.1, 0.15) is 11.3 Å². The second kappa shape index (κ2) is 8.18. The number of nitrogens with zero attached hydrogens (tertiary/aromatic N) is 2. The van der Waals surface area contributed by atoms with Gasteiger partial charge in [0, 0.05) is 23.8 Å². The van der Waals surface area contributed by atoms with Gasteiger partial charge in [0.25, 0.3) is 0 Å². The van der Waals surface area contributed by atoms with Gasteiger partial charge in [0.05, 0.1) is 19.2 Å². The molecule has 1 aromatic heterocycles. The molecule has 0 spiro atoms. The minimum absolute atomic E-state index is 0.124. The predicted molar refractivity (Wildman–Crippen MR) is 105 cm³/mol. The van der Waals surface area contributed by atoms with Crippen molar-refractivity contribution in [3.8, 4) is 5.75 Å². The number of hydrogen-bond donors (Lipinski definition) is 1. The Balaban J connectivity index is 1.73. The van der Waals surface area contributed by atoms with Crippen molar-refractivity contribution >= 4 is 28.6 Å². The first-order valence-electron chi connectivity index (χ1n) is 8.34. The van der Waals surface area contributed by atoms with E-state index in [1.54, 1.807) is 50.4 Å². The second-order valence-electron chi connectivity index (χ2n) is 6.07. The summed E-state index contributed by atoms with van der Waals surface area (Å²) in [5.74, 6) is 0.326. The molecule has 0 aliphatic carbocycles. The SMILES string of the molecule is COc1ccc(NC(=O)Cc2csc(=Nc3ccc(C)c(F)c3)n2C)cc1. The van der Waals surface area contributed by atoms with Gasteiger partial charge in [0.15, 0.2) is 4.80 Å². The average molecular weight is 385 g/mol. The molecule has 1 heterocycles. The monoisotopic (exact) mass is 385 g/mol. The molecule has 0 atom stereocenters. The summed E-state index contributed by atoms with van der Waals surface area (Å²) in [6.07, 6.45) is 0.219. The summed E-state index contributed by atoms with van der Waals surface area (Å²) in [6, 6.07) is 12.0. The molecule has 0 unspecified atom stereocenters. The Morgan fingerprint density at radius 3 is 2.67 bits per heavy atom. The Hall–Kier alpha value is -2.93. The molecule has 0 aliphatic heterocycles. The van der Waals surface area contributed by atoms with Crippen molar-refractivity contribution in [1.82, 2.24) is 4.57 Å². The first-order chi connectivity index (χ1) is 13.0. The Morgan fingerprint density at radius 1 is 1.26 bits per heavy atom. The van der Waals surface area contributed by atoms with Gasteiger partial charge in [0.2, 0.25) is 5.91 Å². The van der Waals surface area contributed by atoms with Crippen LogP contribution in [0.15, 0.2) is 52.8 Å². The maximum atomic E-state index is 13.7. The van der Waals surface area contributed by atoms with Crippen molar-refractivity contribution in [3.63, 3.8) is 0 Å². The lowest BCUT2D eigenvalue weighted by Crippen LogP contribution is -2.19. The maximum Gasteiger partial charge on any atom is 0.230 e. The largest absolute Gasteiger partial charge is 0.497 e. The molecule has 0 saturated carbocycles. The summed E-state index contributed by atoms with van der Waals surface area (Å²) in [4.78, 5) is 17.5. The summed E-state index contributed by atoms with van der Waals surface area (Å²) in [7, 11) is 3.44. The number of anilines is 1. The molecule has 0 saturated heterocycles. The highest BCUT2D eigenvalue weighted by molar-refractivity contribution is 7.07. The topological polar surface area (TPSA) is 55.6 Å². The predicted octanol–water partition coefficient (Wildman–Crippen LogP) is 3.96. The molecule has 0 fully saturated rings. The van der Waals surface area contributed by atoms with Gasteiger partial charge < -0.3 is 14.6 Å². The molecule has 1 N–H and O–H groups in total. The van der Waals surface area contributed by atoms with Gasteiger partial charge in [-0.05, 0) is 48.9 Å². The van der Waals surface area contributed by atoms with E-state index in [4.69, 9.17) is 4.74 Å². The number of carbonyl (C=O) groups is 1. The fourth-order valence-electron chi connectivity index (χ4n) is 2.47. The highest BCUT2D eigenvalue weighted by Gasteiger charge is 2.09. The summed E-state index contributed by atoms with van der Waals surface area (Å²) in [5, 5.41) is 4.74. The number of carbonyl (C=O) groups excluding carboxylic acids is 1. The number of methoxy groups -OCH3 is 1. The van der Waals surface area contributed by atoms with Crippen molar-refractivity contribution in [2.45, 2.75) is 13.3 Å². The van der Waals surface area contributed by atoms with E-state index in [9.17, 15) is 9.18 Å². The van der Waals surface area contributed by atoms with Crippen LogP contribution >= 0.6 is 11.3 Å². The van der Waals surface area contributed by atoms with E-state index in [-0.39, 0.29) is 18.1 Å². The van der Waals surface area contributed by atoms with Crippen LogP contribution < -0.4 is 14.9 Å². The Kier molecular flexibility index (Phi) is 5.71. The van der Waals surface area contributed by atoms with Crippen LogP contribution in [0.2, 0.25) is 0 Å². The highest BCUT2D eigenvalue weighted by Crippen LogP contribution is 2.17. The molecule has 0 aliphatic rings. The van der Waals surface area contributed by atoms with E-state index in [0.29, 0.717) is 21.7 Å². The van der Waals surface area contributed by atoms with Gasteiger partial charge in [-0.2, -0.15) is 0 Å². The van der Waals surface area contributed by atoms with Crippen molar-refractivity contribution < 1.29 is 13.9 Å². The molecule has 2 aromatic carbocycles. The molecule has 5 nitrogen and oxygen atoms in total. The van der Waals surface area contributed by atoms with Crippen LogP contribution in [-0.2, 0) is 18.3 Å². The molecule has 0 radical (unpaired) electrons. The van der Waals surface area contributed by atoms with Crippen molar-refractivity contribution in [2.75, 3.05) is 12.4 Å². The van der Waals surface area contributed by atoms with Crippen molar-refractivity contribution in [2.24, 2.45) is 12.0 Å². The number of rotatable bonds is 5. The van der Waals surface area contributed by atoms with Gasteiger partial charge in [-0.25, -0.2) is 9.38 Å². The van der Waals surface area contributed by atoms with Crippen LogP contribution in [0.25, 0.3) is 0 Å². The van der Waals surface area contributed by atoms with Crippen LogP contribution in [0, 0.1) is 12.7 Å². The van der Waals surface area contributed by atoms with Gasteiger partial charge in [-0.15, -0.1) is 11.3 Å². The normalized spacial score (nSPS) is 11.5. The van der Waals surface area contributed by atoms with Crippen LogP contribution in [0.3, 0.4) is 0 Å². The van der Waals surface area contributed by atoms with E-state index >= 15 is 0 Å². The number of hydrogen-bond acceptors (Lipinski definition) is 4. The Bertz CT molecular complexity index is 1020. The lowest BCUT2D eigenvalue weighted by molar-refractivity contribution is -0.115. The lowest BCUT2D eigenvalue weighted by Gasteiger charge is -2.07. The third kappa shape index (κ3) is 4.62. The number of ether oxygens (including phenoxy) is 1. The minimum Gasteiger partial charge on any atom is -0.497 e. The average Bonchev–Trinajstić information content (AvgIpc) is 2.98. The number of aryl methyl sites for hydroxylation is 1. The molecule has 3 rings (SSSR count). The molecule has 1 amide bonds. The first kappa shape index (κ1) is 18.8. The summed E-state index contributed by atoms with van der Waals surface area (Å²) >= 11 is 1.41. The quantitative estimate of drug-likeness (QED) is 0.723. The number of aromatic nitrogens is 1. The third-order valence-corrected chi connectivity index (χ3v) is 5.08. The third-order valence-electron chi connectivity index (χ3n) is 4.11. The van der Waals surface area contributed by atoms with Crippen LogP contribution in [0.5, 0.6) is 5.75 Å². The highest BCUT2D eigenvalue weighted by atomic mass is 32.1. The second-order valence-corrected chi connectivity index (χ2v) is 6.90. The van der Waals surface area contributed by atoms with Crippen molar-refractivity contribution in [3.05, 3.63) is 69.7 Å². The molecule has 7 heteroatoms. The maximum absolute atomic E-state index is 13.7. The van der Waals surface area contributed by atoms with Gasteiger partial charge >= 0.3 is 0 Å². The molecule has 140 valence electrons. The smallest absolute Gasteiger partial charge is 0.230 e. The van der Waals surface area contributed by atoms with E-state index in [1.165, 1.54) is 17.4 Å². The molecular formula is C20H20FN3O2S. The van der Waals surface area contributed by atoms with Gasteiger partial charge in [-0.1, -0.05) is 6.07 Å². The fraction of sp³-hybridized carbons (Fsp3) is 0.200. The molecule has 27 heavy (non-hydrogen) atoms. The lowest BCUT2D eigenvalue weighted by atomic mass is 10.2. The van der Waals surface area contributed by atoms with E-state index in [0.717, 1.165) is 11.4 Å². The Morgan fingerprint density at radius 2 is 2.00 bits per heavy atom. The number of amides is 1. The van der Waals surface area contributed by atoms with E-state index in [1.807, 2.05) is 17.0 Å². The zero-order valence-electron chi connectivity index (χ0n) is 15.3. The fourth-order valence-corrected chi connectivity index (χ4v) is 3.39. The number of halogens is 1. The minimum atomic E-state index is -0.283. The summed E-state index contributed by atoms with van der Waals surface area (Å²) in [5.41, 5.74) is 2.67.